The molecule has 1 aliphatic carbocycles. The molecule has 3 rings (SSSR count). The topological polar surface area (TPSA) is 76.1 Å². The van der Waals surface area contributed by atoms with Gasteiger partial charge in [-0.25, -0.2) is 9.97 Å². The van der Waals surface area contributed by atoms with Crippen LogP contribution in [0.3, 0.4) is 0 Å². The lowest BCUT2D eigenvalue weighted by Gasteiger charge is -2.22. The third kappa shape index (κ3) is 5.18. The van der Waals surface area contributed by atoms with E-state index in [1.165, 1.54) is 24.8 Å². The second kappa shape index (κ2) is 9.17. The number of ether oxygens (including phenoxy) is 1. The van der Waals surface area contributed by atoms with Crippen molar-refractivity contribution in [3.05, 3.63) is 47.8 Å². The molecular formula is C20H26N4O2. The molecule has 6 heteroatoms. The molecule has 1 saturated carbocycles. The predicted molar refractivity (Wildman–Crippen MR) is 102 cm³/mol. The summed E-state index contributed by atoms with van der Waals surface area (Å²) >= 11 is 0. The number of rotatable bonds is 7. The van der Waals surface area contributed by atoms with Gasteiger partial charge in [0.25, 0.3) is 5.91 Å². The molecule has 138 valence electrons. The summed E-state index contributed by atoms with van der Waals surface area (Å²) in [5.41, 5.74) is 1.69. The van der Waals surface area contributed by atoms with E-state index in [-0.39, 0.29) is 11.9 Å². The van der Waals surface area contributed by atoms with E-state index in [2.05, 4.69) is 26.7 Å². The summed E-state index contributed by atoms with van der Waals surface area (Å²) in [6, 6.07) is 8.27. The molecule has 0 bridgehead atoms. The van der Waals surface area contributed by atoms with Crippen molar-refractivity contribution in [2.45, 2.75) is 44.6 Å². The Bertz CT molecular complexity index is 712. The number of carbonyl (C=O) groups is 1. The number of benzene rings is 1. The Hall–Kier alpha value is -2.63. The van der Waals surface area contributed by atoms with Gasteiger partial charge in [-0.3, -0.25) is 4.79 Å². The van der Waals surface area contributed by atoms with Gasteiger partial charge in [0.1, 0.15) is 5.75 Å². The zero-order valence-electron chi connectivity index (χ0n) is 15.2. The van der Waals surface area contributed by atoms with Crippen molar-refractivity contribution in [2.24, 2.45) is 0 Å². The molecule has 0 spiro atoms. The first-order chi connectivity index (χ1) is 12.7. The summed E-state index contributed by atoms with van der Waals surface area (Å²) in [7, 11) is 1.66. The summed E-state index contributed by atoms with van der Waals surface area (Å²) < 4.78 is 5.23. The Kier molecular flexibility index (Phi) is 6.41. The quantitative estimate of drug-likeness (QED) is 0.798. The van der Waals surface area contributed by atoms with Crippen LogP contribution in [0.2, 0.25) is 0 Å². The first kappa shape index (κ1) is 18.2. The molecule has 0 unspecified atom stereocenters. The van der Waals surface area contributed by atoms with Gasteiger partial charge in [0, 0.05) is 25.0 Å². The minimum absolute atomic E-state index is 0.0835. The molecule has 0 atom stereocenters. The van der Waals surface area contributed by atoms with E-state index in [1.807, 2.05) is 18.2 Å². The van der Waals surface area contributed by atoms with Gasteiger partial charge < -0.3 is 15.4 Å². The Morgan fingerprint density at radius 2 is 1.96 bits per heavy atom. The summed E-state index contributed by atoms with van der Waals surface area (Å²) in [4.78, 5) is 20.8. The molecular weight excluding hydrogens is 328 g/mol. The predicted octanol–water partition coefficient (Wildman–Crippen LogP) is 3.20. The van der Waals surface area contributed by atoms with Crippen LogP contribution < -0.4 is 15.4 Å². The maximum Gasteiger partial charge on any atom is 0.254 e. The molecule has 0 saturated heterocycles. The summed E-state index contributed by atoms with van der Waals surface area (Å²) in [5.74, 6) is 1.30. The third-order valence-electron chi connectivity index (χ3n) is 4.69. The van der Waals surface area contributed by atoms with E-state index in [0.29, 0.717) is 18.1 Å². The van der Waals surface area contributed by atoms with Crippen LogP contribution in [0.4, 0.5) is 5.95 Å². The van der Waals surface area contributed by atoms with Crippen LogP contribution in [0.25, 0.3) is 0 Å². The van der Waals surface area contributed by atoms with Crippen molar-refractivity contribution in [2.75, 3.05) is 19.0 Å². The summed E-state index contributed by atoms with van der Waals surface area (Å²) in [6.45, 7) is 0.709. The lowest BCUT2D eigenvalue weighted by atomic mass is 9.95. The zero-order chi connectivity index (χ0) is 18.2. The normalized spacial score (nSPS) is 14.7. The molecule has 6 nitrogen and oxygen atoms in total. The van der Waals surface area contributed by atoms with Crippen LogP contribution in [0, 0.1) is 0 Å². The Morgan fingerprint density at radius 1 is 1.19 bits per heavy atom. The van der Waals surface area contributed by atoms with Gasteiger partial charge in [-0.15, -0.1) is 0 Å². The zero-order valence-corrected chi connectivity index (χ0v) is 15.2. The molecule has 2 aromatic rings. The average Bonchev–Trinajstić information content (AvgIpc) is 2.69. The molecule has 1 heterocycles. The van der Waals surface area contributed by atoms with E-state index in [4.69, 9.17) is 4.74 Å². The lowest BCUT2D eigenvalue weighted by molar-refractivity contribution is 0.0927. The van der Waals surface area contributed by atoms with E-state index in [0.717, 1.165) is 25.0 Å². The number of amides is 1. The van der Waals surface area contributed by atoms with E-state index in [1.54, 1.807) is 19.5 Å². The van der Waals surface area contributed by atoms with Crippen LogP contribution >= 0.6 is 0 Å². The number of aromatic nitrogens is 2. The van der Waals surface area contributed by atoms with Gasteiger partial charge in [0.2, 0.25) is 5.95 Å². The fourth-order valence-corrected chi connectivity index (χ4v) is 3.20. The first-order valence-corrected chi connectivity index (χ1v) is 9.24. The fourth-order valence-electron chi connectivity index (χ4n) is 3.20. The number of nitrogens with one attached hydrogen (secondary N) is 2. The van der Waals surface area contributed by atoms with Crippen molar-refractivity contribution in [3.8, 4) is 5.75 Å². The van der Waals surface area contributed by atoms with Crippen LogP contribution in [0.15, 0.2) is 36.7 Å². The molecule has 1 amide bonds. The minimum atomic E-state index is -0.0835. The number of carbonyl (C=O) groups excluding carboxylic acids is 1. The van der Waals surface area contributed by atoms with E-state index < -0.39 is 0 Å². The molecule has 1 aliphatic rings. The SMILES string of the molecule is COc1cccc(CCNc2ncc(C(=O)NC3CCCCC3)cn2)c1. The van der Waals surface area contributed by atoms with Crippen molar-refractivity contribution in [1.29, 1.82) is 0 Å². The van der Waals surface area contributed by atoms with Crippen LogP contribution in [-0.2, 0) is 6.42 Å². The maximum absolute atomic E-state index is 12.3. The Labute approximate surface area is 154 Å². The van der Waals surface area contributed by atoms with Crippen molar-refractivity contribution >= 4 is 11.9 Å². The first-order valence-electron chi connectivity index (χ1n) is 9.24. The lowest BCUT2D eigenvalue weighted by Crippen LogP contribution is -2.36. The van der Waals surface area contributed by atoms with Crippen molar-refractivity contribution in [1.82, 2.24) is 15.3 Å². The van der Waals surface area contributed by atoms with Crippen molar-refractivity contribution < 1.29 is 9.53 Å². The highest BCUT2D eigenvalue weighted by atomic mass is 16.5. The molecule has 1 aromatic carbocycles. The molecule has 0 radical (unpaired) electrons. The van der Waals surface area contributed by atoms with Crippen molar-refractivity contribution in [3.63, 3.8) is 0 Å². The molecule has 2 N–H and O–H groups in total. The number of hydrogen-bond acceptors (Lipinski definition) is 5. The second-order valence-electron chi connectivity index (χ2n) is 6.63. The van der Waals surface area contributed by atoms with Gasteiger partial charge >= 0.3 is 0 Å². The highest BCUT2D eigenvalue weighted by molar-refractivity contribution is 5.93. The average molecular weight is 354 g/mol. The highest BCUT2D eigenvalue weighted by Gasteiger charge is 2.17. The number of methoxy groups -OCH3 is 1. The van der Waals surface area contributed by atoms with Gasteiger partial charge in [-0.05, 0) is 37.0 Å². The molecule has 26 heavy (non-hydrogen) atoms. The van der Waals surface area contributed by atoms with E-state index >= 15 is 0 Å². The molecule has 1 fully saturated rings. The fraction of sp³-hybridized carbons (Fsp3) is 0.450. The number of nitrogens with zero attached hydrogens (tertiary/aromatic N) is 2. The van der Waals surface area contributed by atoms with Gasteiger partial charge in [-0.2, -0.15) is 0 Å². The van der Waals surface area contributed by atoms with Gasteiger partial charge in [0.15, 0.2) is 0 Å². The smallest absolute Gasteiger partial charge is 0.254 e. The molecule has 0 aliphatic heterocycles. The standard InChI is InChI=1S/C20H26N4O2/c1-26-18-9-5-6-15(12-18)10-11-21-20-22-13-16(14-23-20)19(25)24-17-7-3-2-4-8-17/h5-6,9,12-14,17H,2-4,7-8,10-11H2,1H3,(H,24,25)(H,21,22,23). The third-order valence-corrected chi connectivity index (χ3v) is 4.69. The Morgan fingerprint density at radius 3 is 2.69 bits per heavy atom. The van der Waals surface area contributed by atoms with E-state index in [9.17, 15) is 4.79 Å². The largest absolute Gasteiger partial charge is 0.497 e. The van der Waals surface area contributed by atoms with Gasteiger partial charge in [0.05, 0.1) is 12.7 Å². The number of hydrogen-bond donors (Lipinski definition) is 2. The van der Waals surface area contributed by atoms with Crippen LogP contribution in [0.1, 0.15) is 48.0 Å². The monoisotopic (exact) mass is 354 g/mol. The maximum atomic E-state index is 12.3. The molecule has 1 aromatic heterocycles. The Balaban J connectivity index is 1.47. The second-order valence-corrected chi connectivity index (χ2v) is 6.63. The summed E-state index contributed by atoms with van der Waals surface area (Å²) in [5, 5.41) is 6.26. The summed E-state index contributed by atoms with van der Waals surface area (Å²) in [6.07, 6.45) is 9.79. The highest BCUT2D eigenvalue weighted by Crippen LogP contribution is 2.18. The van der Waals surface area contributed by atoms with Crippen LogP contribution in [-0.4, -0.2) is 35.6 Å². The minimum Gasteiger partial charge on any atom is -0.497 e. The van der Waals surface area contributed by atoms with Crippen LogP contribution in [0.5, 0.6) is 5.75 Å². The van der Waals surface area contributed by atoms with Gasteiger partial charge in [-0.1, -0.05) is 31.4 Å². The number of anilines is 1.